The van der Waals surface area contributed by atoms with Crippen molar-refractivity contribution in [1.29, 1.82) is 0 Å². The first-order valence-electron chi connectivity index (χ1n) is 5.55. The van der Waals surface area contributed by atoms with Crippen LogP contribution in [-0.2, 0) is 19.1 Å². The number of nitrogens with one attached hydrogen (secondary N) is 1. The Kier molecular flexibility index (Phi) is 7.54. The summed E-state index contributed by atoms with van der Waals surface area (Å²) in [6, 6.07) is 0. The van der Waals surface area contributed by atoms with E-state index in [0.29, 0.717) is 19.5 Å². The summed E-state index contributed by atoms with van der Waals surface area (Å²) in [6.45, 7) is 5.14. The van der Waals surface area contributed by atoms with Gasteiger partial charge in [0, 0.05) is 13.1 Å². The molecule has 0 aromatic carbocycles. The Morgan fingerprint density at radius 1 is 1.00 bits per heavy atom. The molecule has 0 amide bonds. The average Bonchev–Trinajstić information content (AvgIpc) is 2.39. The van der Waals surface area contributed by atoms with E-state index in [9.17, 15) is 9.59 Å². The molecular formula is C11H21NO4. The van der Waals surface area contributed by atoms with Gasteiger partial charge in [-0.3, -0.25) is 9.59 Å². The molecule has 5 heteroatoms. The van der Waals surface area contributed by atoms with Crippen molar-refractivity contribution in [1.82, 2.24) is 5.32 Å². The number of methoxy groups -OCH3 is 2. The lowest BCUT2D eigenvalue weighted by atomic mass is 9.90. The molecule has 1 rings (SSSR count). The summed E-state index contributed by atoms with van der Waals surface area (Å²) in [5.41, 5.74) is 0. The number of esters is 2. The predicted molar refractivity (Wildman–Crippen MR) is 59.8 cm³/mol. The number of hydrogen-bond acceptors (Lipinski definition) is 5. The summed E-state index contributed by atoms with van der Waals surface area (Å²) in [6.07, 6.45) is 0.506. The van der Waals surface area contributed by atoms with Crippen molar-refractivity contribution in [2.75, 3.05) is 27.3 Å². The minimum absolute atomic E-state index is 0.238. The number of ether oxygens (including phenoxy) is 2. The van der Waals surface area contributed by atoms with Crippen molar-refractivity contribution >= 4 is 11.9 Å². The molecule has 0 aromatic rings. The van der Waals surface area contributed by atoms with Crippen LogP contribution in [0, 0.1) is 11.8 Å². The normalized spacial score (nSPS) is 23.8. The highest BCUT2D eigenvalue weighted by Crippen LogP contribution is 2.18. The molecule has 0 bridgehead atoms. The third-order valence-corrected chi connectivity index (χ3v) is 2.42. The molecule has 2 unspecified atom stereocenters. The Balaban J connectivity index is 0.00000106. The summed E-state index contributed by atoms with van der Waals surface area (Å²) in [5, 5.41) is 3.01. The zero-order valence-electron chi connectivity index (χ0n) is 10.4. The first kappa shape index (κ1) is 14.9. The summed E-state index contributed by atoms with van der Waals surface area (Å²) in [4.78, 5) is 22.4. The second-order valence-corrected chi connectivity index (χ2v) is 3.33. The van der Waals surface area contributed by atoms with Crippen LogP contribution in [-0.4, -0.2) is 39.2 Å². The van der Waals surface area contributed by atoms with Crippen LogP contribution in [0.15, 0.2) is 0 Å². The molecule has 0 saturated carbocycles. The van der Waals surface area contributed by atoms with Gasteiger partial charge in [0.05, 0.1) is 26.1 Å². The van der Waals surface area contributed by atoms with Gasteiger partial charge in [0.1, 0.15) is 0 Å². The van der Waals surface area contributed by atoms with E-state index in [1.54, 1.807) is 0 Å². The monoisotopic (exact) mass is 231 g/mol. The molecular weight excluding hydrogens is 210 g/mol. The second kappa shape index (κ2) is 8.10. The van der Waals surface area contributed by atoms with Crippen molar-refractivity contribution in [2.24, 2.45) is 11.8 Å². The summed E-state index contributed by atoms with van der Waals surface area (Å²) >= 11 is 0. The highest BCUT2D eigenvalue weighted by atomic mass is 16.5. The lowest BCUT2D eigenvalue weighted by Gasteiger charge is -2.26. The van der Waals surface area contributed by atoms with E-state index in [1.807, 2.05) is 13.8 Å². The van der Waals surface area contributed by atoms with Gasteiger partial charge in [-0.25, -0.2) is 0 Å². The fraction of sp³-hybridized carbons (Fsp3) is 0.818. The van der Waals surface area contributed by atoms with E-state index in [0.717, 1.165) is 0 Å². The smallest absolute Gasteiger partial charge is 0.309 e. The molecule has 16 heavy (non-hydrogen) atoms. The molecule has 0 radical (unpaired) electrons. The zero-order chi connectivity index (χ0) is 12.6. The number of piperidine rings is 1. The summed E-state index contributed by atoms with van der Waals surface area (Å²) in [7, 11) is 2.70. The highest BCUT2D eigenvalue weighted by Gasteiger charge is 2.31. The summed E-state index contributed by atoms with van der Waals surface area (Å²) in [5.74, 6) is -1.02. The van der Waals surface area contributed by atoms with E-state index in [2.05, 4.69) is 14.8 Å². The van der Waals surface area contributed by atoms with E-state index < -0.39 is 0 Å². The van der Waals surface area contributed by atoms with Crippen LogP contribution in [0.1, 0.15) is 20.3 Å². The van der Waals surface area contributed by atoms with E-state index in [-0.39, 0.29) is 23.8 Å². The quantitative estimate of drug-likeness (QED) is 0.704. The molecule has 0 spiro atoms. The van der Waals surface area contributed by atoms with Crippen LogP contribution >= 0.6 is 0 Å². The maximum absolute atomic E-state index is 11.2. The Labute approximate surface area is 96.5 Å². The lowest BCUT2D eigenvalue weighted by Crippen LogP contribution is -2.43. The SMILES string of the molecule is CC.COC(=O)C1CNCC(C(=O)OC)C1. The van der Waals surface area contributed by atoms with E-state index in [4.69, 9.17) is 0 Å². The molecule has 1 aliphatic heterocycles. The highest BCUT2D eigenvalue weighted by molar-refractivity contribution is 5.76. The van der Waals surface area contributed by atoms with E-state index >= 15 is 0 Å². The fourth-order valence-corrected chi connectivity index (χ4v) is 1.63. The number of rotatable bonds is 2. The molecule has 1 aliphatic rings. The molecule has 1 saturated heterocycles. The van der Waals surface area contributed by atoms with Gasteiger partial charge >= 0.3 is 11.9 Å². The summed E-state index contributed by atoms with van der Waals surface area (Å²) < 4.78 is 9.24. The van der Waals surface area contributed by atoms with Crippen molar-refractivity contribution in [3.63, 3.8) is 0 Å². The van der Waals surface area contributed by atoms with Gasteiger partial charge < -0.3 is 14.8 Å². The van der Waals surface area contributed by atoms with Crippen LogP contribution in [0.3, 0.4) is 0 Å². The van der Waals surface area contributed by atoms with Crippen LogP contribution in [0.4, 0.5) is 0 Å². The van der Waals surface area contributed by atoms with Gasteiger partial charge in [0.2, 0.25) is 0 Å². The maximum atomic E-state index is 11.2. The largest absolute Gasteiger partial charge is 0.469 e. The van der Waals surface area contributed by atoms with Gasteiger partial charge in [-0.15, -0.1) is 0 Å². The number of carbonyl (C=O) groups is 2. The molecule has 0 aromatic heterocycles. The van der Waals surface area contributed by atoms with E-state index in [1.165, 1.54) is 14.2 Å². The molecule has 94 valence electrons. The molecule has 0 aliphatic carbocycles. The van der Waals surface area contributed by atoms with Crippen molar-refractivity contribution < 1.29 is 19.1 Å². The van der Waals surface area contributed by atoms with Crippen molar-refractivity contribution in [2.45, 2.75) is 20.3 Å². The van der Waals surface area contributed by atoms with Gasteiger partial charge in [-0.2, -0.15) is 0 Å². The van der Waals surface area contributed by atoms with Gasteiger partial charge in [-0.05, 0) is 6.42 Å². The Morgan fingerprint density at radius 3 is 1.69 bits per heavy atom. The molecule has 2 atom stereocenters. The minimum Gasteiger partial charge on any atom is -0.469 e. The second-order valence-electron chi connectivity index (χ2n) is 3.33. The first-order valence-corrected chi connectivity index (χ1v) is 5.55. The Bertz CT molecular complexity index is 208. The maximum Gasteiger partial charge on any atom is 0.309 e. The number of hydrogen-bond donors (Lipinski definition) is 1. The average molecular weight is 231 g/mol. The molecule has 5 nitrogen and oxygen atoms in total. The topological polar surface area (TPSA) is 64.6 Å². The van der Waals surface area contributed by atoms with Crippen molar-refractivity contribution in [3.05, 3.63) is 0 Å². The number of carbonyl (C=O) groups excluding carboxylic acids is 2. The molecule has 1 N–H and O–H groups in total. The third-order valence-electron chi connectivity index (χ3n) is 2.42. The van der Waals surface area contributed by atoms with Gasteiger partial charge in [0.25, 0.3) is 0 Å². The molecule has 1 fully saturated rings. The first-order chi connectivity index (χ1) is 7.69. The van der Waals surface area contributed by atoms with Crippen molar-refractivity contribution in [3.8, 4) is 0 Å². The standard InChI is InChI=1S/C9H15NO4.C2H6/c1-13-8(11)6-3-7(5-10-4-6)9(12)14-2;1-2/h6-7,10H,3-5H2,1-2H3;1-2H3. The minimum atomic E-state index is -0.272. The Hall–Kier alpha value is -1.10. The van der Waals surface area contributed by atoms with Crippen LogP contribution in [0.2, 0.25) is 0 Å². The fourth-order valence-electron chi connectivity index (χ4n) is 1.63. The zero-order valence-corrected chi connectivity index (χ0v) is 10.4. The molecule has 1 heterocycles. The van der Waals surface area contributed by atoms with Crippen LogP contribution in [0.25, 0.3) is 0 Å². The predicted octanol–water partition coefficient (Wildman–Crippen LogP) is 0.584. The third kappa shape index (κ3) is 4.18. The lowest BCUT2D eigenvalue weighted by molar-refractivity contribution is -0.150. The van der Waals surface area contributed by atoms with Crippen LogP contribution in [0.5, 0.6) is 0 Å². The van der Waals surface area contributed by atoms with Gasteiger partial charge in [-0.1, -0.05) is 13.8 Å². The van der Waals surface area contributed by atoms with Gasteiger partial charge in [0.15, 0.2) is 0 Å². The Morgan fingerprint density at radius 2 is 1.38 bits per heavy atom. The van der Waals surface area contributed by atoms with Crippen LogP contribution < -0.4 is 5.32 Å².